The summed E-state index contributed by atoms with van der Waals surface area (Å²) < 4.78 is 10.4. The van der Waals surface area contributed by atoms with E-state index in [1.165, 1.54) is 0 Å². The van der Waals surface area contributed by atoms with Gasteiger partial charge in [0.2, 0.25) is 0 Å². The highest BCUT2D eigenvalue weighted by molar-refractivity contribution is 14.0. The number of guanidine groups is 1. The third kappa shape index (κ3) is 10.8. The number of nitrogens with zero attached hydrogens (tertiary/aromatic N) is 1. The van der Waals surface area contributed by atoms with Crippen molar-refractivity contribution in [2.75, 3.05) is 26.7 Å². The molecule has 1 aromatic rings. The number of ether oxygens (including phenoxy) is 1. The maximum Gasteiger partial charge on any atom is 0.407 e. The Hall–Kier alpha value is -1.45. The molecule has 0 aliphatic rings. The molecule has 1 amide bonds. The Morgan fingerprint density at radius 2 is 1.87 bits per heavy atom. The van der Waals surface area contributed by atoms with Crippen molar-refractivity contribution in [2.45, 2.75) is 32.8 Å². The molecule has 8 heteroatoms. The van der Waals surface area contributed by atoms with Gasteiger partial charge in [0, 0.05) is 33.1 Å². The van der Waals surface area contributed by atoms with E-state index in [0.717, 1.165) is 12.2 Å². The molecule has 0 bridgehead atoms. The van der Waals surface area contributed by atoms with Gasteiger partial charge in [0.05, 0.1) is 6.26 Å². The largest absolute Gasteiger partial charge is 0.469 e. The number of rotatable bonds is 6. The van der Waals surface area contributed by atoms with Crippen LogP contribution in [0.2, 0.25) is 0 Å². The van der Waals surface area contributed by atoms with Crippen LogP contribution in [0.3, 0.4) is 0 Å². The van der Waals surface area contributed by atoms with E-state index in [1.807, 2.05) is 32.9 Å². The van der Waals surface area contributed by atoms with E-state index < -0.39 is 11.7 Å². The number of halogens is 1. The molecule has 1 heterocycles. The number of nitrogens with one attached hydrogen (secondary N) is 3. The van der Waals surface area contributed by atoms with Crippen molar-refractivity contribution >= 4 is 36.0 Å². The van der Waals surface area contributed by atoms with Crippen molar-refractivity contribution in [3.05, 3.63) is 24.2 Å². The third-order valence-electron chi connectivity index (χ3n) is 2.55. The van der Waals surface area contributed by atoms with Gasteiger partial charge in [-0.1, -0.05) is 0 Å². The molecule has 3 N–H and O–H groups in total. The lowest BCUT2D eigenvalue weighted by atomic mass is 10.2. The number of hydrogen-bond donors (Lipinski definition) is 3. The summed E-state index contributed by atoms with van der Waals surface area (Å²) in [6.45, 7) is 7.21. The Balaban J connectivity index is 0.00000484. The molecule has 0 aliphatic carbocycles. The van der Waals surface area contributed by atoms with E-state index in [0.29, 0.717) is 25.6 Å². The van der Waals surface area contributed by atoms with Crippen LogP contribution in [0.15, 0.2) is 27.8 Å². The predicted molar refractivity (Wildman–Crippen MR) is 101 cm³/mol. The van der Waals surface area contributed by atoms with Crippen LogP contribution in [0.4, 0.5) is 4.79 Å². The zero-order valence-electron chi connectivity index (χ0n) is 14.1. The Kier molecular flexibility index (Phi) is 10.4. The highest BCUT2D eigenvalue weighted by atomic mass is 127. The first kappa shape index (κ1) is 21.6. The van der Waals surface area contributed by atoms with Gasteiger partial charge in [-0.3, -0.25) is 4.99 Å². The molecule has 0 aliphatic heterocycles. The molecule has 0 saturated heterocycles. The van der Waals surface area contributed by atoms with E-state index in [9.17, 15) is 4.79 Å². The first-order chi connectivity index (χ1) is 10.4. The summed E-state index contributed by atoms with van der Waals surface area (Å²) in [5.41, 5.74) is -0.485. The van der Waals surface area contributed by atoms with Crippen molar-refractivity contribution < 1.29 is 13.9 Å². The van der Waals surface area contributed by atoms with Crippen LogP contribution in [-0.4, -0.2) is 44.3 Å². The minimum Gasteiger partial charge on any atom is -0.469 e. The molecule has 0 spiro atoms. The number of carbonyl (C=O) groups is 1. The lowest BCUT2D eigenvalue weighted by molar-refractivity contribution is 0.0529. The van der Waals surface area contributed by atoms with Gasteiger partial charge in [0.1, 0.15) is 11.4 Å². The number of hydrogen-bond acceptors (Lipinski definition) is 4. The fraction of sp³-hybridized carbons (Fsp3) is 0.600. The van der Waals surface area contributed by atoms with Gasteiger partial charge >= 0.3 is 6.09 Å². The summed E-state index contributed by atoms with van der Waals surface area (Å²) >= 11 is 0. The molecule has 0 atom stereocenters. The van der Waals surface area contributed by atoms with E-state index in [1.54, 1.807) is 13.3 Å². The van der Waals surface area contributed by atoms with Gasteiger partial charge in [-0.25, -0.2) is 4.79 Å². The van der Waals surface area contributed by atoms with Crippen molar-refractivity contribution in [3.63, 3.8) is 0 Å². The first-order valence-corrected chi connectivity index (χ1v) is 7.34. The van der Waals surface area contributed by atoms with E-state index in [4.69, 9.17) is 9.15 Å². The van der Waals surface area contributed by atoms with Crippen molar-refractivity contribution in [1.29, 1.82) is 0 Å². The second-order valence-corrected chi connectivity index (χ2v) is 5.68. The maximum atomic E-state index is 11.5. The van der Waals surface area contributed by atoms with Crippen LogP contribution in [0.5, 0.6) is 0 Å². The molecular formula is C15H27IN4O3. The second-order valence-electron chi connectivity index (χ2n) is 5.68. The number of aliphatic imine (C=N–C) groups is 1. The smallest absolute Gasteiger partial charge is 0.407 e. The van der Waals surface area contributed by atoms with Crippen LogP contribution in [0.25, 0.3) is 0 Å². The third-order valence-corrected chi connectivity index (χ3v) is 2.55. The van der Waals surface area contributed by atoms with Crippen LogP contribution in [-0.2, 0) is 11.2 Å². The van der Waals surface area contributed by atoms with E-state index >= 15 is 0 Å². The number of alkyl carbamates (subject to hydrolysis) is 1. The second kappa shape index (κ2) is 11.1. The first-order valence-electron chi connectivity index (χ1n) is 7.34. The Labute approximate surface area is 154 Å². The lowest BCUT2D eigenvalue weighted by Crippen LogP contribution is -2.42. The average Bonchev–Trinajstić information content (AvgIpc) is 2.92. The summed E-state index contributed by atoms with van der Waals surface area (Å²) in [7, 11) is 1.70. The maximum absolute atomic E-state index is 11.5. The minimum atomic E-state index is -0.485. The number of amides is 1. The van der Waals surface area contributed by atoms with Crippen molar-refractivity contribution in [3.8, 4) is 0 Å². The summed E-state index contributed by atoms with van der Waals surface area (Å²) in [6, 6.07) is 3.80. The Bertz CT molecular complexity index is 470. The zero-order valence-corrected chi connectivity index (χ0v) is 16.5. The quantitative estimate of drug-likeness (QED) is 0.274. The fourth-order valence-electron chi connectivity index (χ4n) is 1.64. The highest BCUT2D eigenvalue weighted by Crippen LogP contribution is 2.05. The molecule has 132 valence electrons. The van der Waals surface area contributed by atoms with Crippen LogP contribution < -0.4 is 16.0 Å². The molecule has 0 aromatic carbocycles. The van der Waals surface area contributed by atoms with E-state index in [2.05, 4.69) is 20.9 Å². The zero-order chi connectivity index (χ0) is 16.4. The standard InChI is InChI=1S/C15H26N4O3.HI/c1-15(2,3)22-14(20)19-10-9-18-13(16-4)17-8-7-12-6-5-11-21-12;/h5-6,11H,7-10H2,1-4H3,(H,19,20)(H2,16,17,18);1H. The van der Waals surface area contributed by atoms with Gasteiger partial charge < -0.3 is 25.1 Å². The number of carbonyl (C=O) groups excluding carboxylic acids is 1. The average molecular weight is 438 g/mol. The molecule has 0 unspecified atom stereocenters. The van der Waals surface area contributed by atoms with E-state index in [-0.39, 0.29) is 24.0 Å². The van der Waals surface area contributed by atoms with Crippen LogP contribution in [0.1, 0.15) is 26.5 Å². The lowest BCUT2D eigenvalue weighted by Gasteiger charge is -2.19. The molecule has 7 nitrogen and oxygen atoms in total. The van der Waals surface area contributed by atoms with Gasteiger partial charge in [0.15, 0.2) is 5.96 Å². The minimum absolute atomic E-state index is 0. The topological polar surface area (TPSA) is 87.9 Å². The molecule has 23 heavy (non-hydrogen) atoms. The Morgan fingerprint density at radius 3 is 2.43 bits per heavy atom. The van der Waals surface area contributed by atoms with Gasteiger partial charge in [-0.15, -0.1) is 24.0 Å². The summed E-state index contributed by atoms with van der Waals surface area (Å²) in [4.78, 5) is 15.6. The predicted octanol–water partition coefficient (Wildman–Crippen LogP) is 2.13. The molecule has 0 radical (unpaired) electrons. The summed E-state index contributed by atoms with van der Waals surface area (Å²) in [5, 5.41) is 8.95. The monoisotopic (exact) mass is 438 g/mol. The molecular weight excluding hydrogens is 411 g/mol. The van der Waals surface area contributed by atoms with Gasteiger partial charge in [-0.05, 0) is 32.9 Å². The molecule has 0 saturated carbocycles. The van der Waals surface area contributed by atoms with Crippen LogP contribution >= 0.6 is 24.0 Å². The highest BCUT2D eigenvalue weighted by Gasteiger charge is 2.15. The summed E-state index contributed by atoms with van der Waals surface area (Å²) in [5.74, 6) is 1.60. The fourth-order valence-corrected chi connectivity index (χ4v) is 1.64. The van der Waals surface area contributed by atoms with Crippen LogP contribution in [0, 0.1) is 0 Å². The molecule has 1 aromatic heterocycles. The SMILES string of the molecule is CN=C(NCCNC(=O)OC(C)(C)C)NCCc1ccco1.I. The van der Waals surface area contributed by atoms with Crippen molar-refractivity contribution in [2.24, 2.45) is 4.99 Å². The van der Waals surface area contributed by atoms with Gasteiger partial charge in [-0.2, -0.15) is 0 Å². The number of furan rings is 1. The Morgan fingerprint density at radius 1 is 1.22 bits per heavy atom. The van der Waals surface area contributed by atoms with Gasteiger partial charge in [0.25, 0.3) is 0 Å². The molecule has 0 fully saturated rings. The van der Waals surface area contributed by atoms with Crippen molar-refractivity contribution in [1.82, 2.24) is 16.0 Å². The molecule has 1 rings (SSSR count). The summed E-state index contributed by atoms with van der Waals surface area (Å²) in [6.07, 6.45) is 2.02. The normalized spacial score (nSPS) is 11.4.